The second-order valence-electron chi connectivity index (χ2n) is 5.05. The zero-order chi connectivity index (χ0) is 17.6. The first-order chi connectivity index (χ1) is 12.1. The van der Waals surface area contributed by atoms with Crippen LogP contribution in [0.5, 0.6) is 5.75 Å². The summed E-state index contributed by atoms with van der Waals surface area (Å²) in [4.78, 5) is 27.4. The molecule has 0 atom stereocenters. The fourth-order valence-corrected chi connectivity index (χ4v) is 2.93. The second kappa shape index (κ2) is 7.67. The molecule has 25 heavy (non-hydrogen) atoms. The van der Waals surface area contributed by atoms with Crippen LogP contribution in [0.3, 0.4) is 0 Å². The monoisotopic (exact) mass is 353 g/mol. The number of nitrogens with zero attached hydrogens (tertiary/aromatic N) is 1. The van der Waals surface area contributed by atoms with Crippen LogP contribution in [0.2, 0.25) is 0 Å². The number of nitrogens with one attached hydrogen (secondary N) is 1. The number of ether oxygens (including phenoxy) is 1. The molecule has 0 spiro atoms. The van der Waals surface area contributed by atoms with Crippen LogP contribution in [0, 0.1) is 0 Å². The highest BCUT2D eigenvalue weighted by atomic mass is 32.2. The standard InChI is InChI=1S/C18H14N2O4S/c21-16(22)11-24-14-8-4-5-12(9-14)10-15-17(23)20-18(25-15)19-13-6-2-1-3-7-13/h1-10H,11H2,(H,21,22)(H,19,20,23)/p-1/b15-10+. The molecule has 7 heteroatoms. The molecule has 2 aromatic carbocycles. The Labute approximate surface area is 148 Å². The van der Waals surface area contributed by atoms with E-state index < -0.39 is 12.6 Å². The fraction of sp³-hybridized carbons (Fsp3) is 0.0556. The number of carboxylic acids is 1. The van der Waals surface area contributed by atoms with Gasteiger partial charge in [-0.3, -0.25) is 4.79 Å². The van der Waals surface area contributed by atoms with Gasteiger partial charge < -0.3 is 20.0 Å². The van der Waals surface area contributed by atoms with Crippen LogP contribution in [-0.4, -0.2) is 23.7 Å². The minimum Gasteiger partial charge on any atom is -0.546 e. The highest BCUT2D eigenvalue weighted by Gasteiger charge is 2.23. The molecule has 1 amide bonds. The summed E-state index contributed by atoms with van der Waals surface area (Å²) >= 11 is 1.24. The molecule has 1 heterocycles. The normalized spacial score (nSPS) is 16.9. The number of thioether (sulfide) groups is 1. The SMILES string of the molecule is O=C([O-])COc1cccc(/C=C2/SC(=Nc3ccccc3)NC2=O)c1. The summed E-state index contributed by atoms with van der Waals surface area (Å²) in [5, 5.41) is 13.7. The molecule has 1 fully saturated rings. The highest BCUT2D eigenvalue weighted by molar-refractivity contribution is 8.18. The van der Waals surface area contributed by atoms with Crippen LogP contribution in [0.25, 0.3) is 6.08 Å². The number of amidine groups is 1. The van der Waals surface area contributed by atoms with Crippen molar-refractivity contribution in [3.8, 4) is 5.75 Å². The van der Waals surface area contributed by atoms with Crippen molar-refractivity contribution in [2.75, 3.05) is 6.61 Å². The average molecular weight is 353 g/mol. The number of amides is 1. The summed E-state index contributed by atoms with van der Waals surface area (Å²) in [5.41, 5.74) is 1.47. The van der Waals surface area contributed by atoms with E-state index in [9.17, 15) is 14.7 Å². The Balaban J connectivity index is 1.75. The third-order valence-corrected chi connectivity index (χ3v) is 4.06. The van der Waals surface area contributed by atoms with Crippen LogP contribution in [-0.2, 0) is 9.59 Å². The molecule has 6 nitrogen and oxygen atoms in total. The first kappa shape index (κ1) is 16.8. The summed E-state index contributed by atoms with van der Waals surface area (Å²) in [5.74, 6) is -1.14. The Morgan fingerprint density at radius 1 is 1.20 bits per heavy atom. The number of benzene rings is 2. The van der Waals surface area contributed by atoms with Gasteiger partial charge in [-0.2, -0.15) is 0 Å². The second-order valence-corrected chi connectivity index (χ2v) is 6.08. The van der Waals surface area contributed by atoms with Gasteiger partial charge in [-0.25, -0.2) is 4.99 Å². The van der Waals surface area contributed by atoms with Crippen molar-refractivity contribution in [3.05, 3.63) is 65.1 Å². The molecule has 0 saturated carbocycles. The molecule has 1 aliphatic heterocycles. The maximum Gasteiger partial charge on any atom is 0.264 e. The number of aliphatic carboxylic acids is 1. The lowest BCUT2D eigenvalue weighted by Gasteiger charge is -2.07. The maximum atomic E-state index is 12.1. The number of hydrogen-bond acceptors (Lipinski definition) is 6. The third kappa shape index (κ3) is 4.71. The largest absolute Gasteiger partial charge is 0.546 e. The van der Waals surface area contributed by atoms with Crippen molar-refractivity contribution in [2.24, 2.45) is 4.99 Å². The van der Waals surface area contributed by atoms with E-state index >= 15 is 0 Å². The van der Waals surface area contributed by atoms with Gasteiger partial charge >= 0.3 is 0 Å². The first-order valence-electron chi connectivity index (χ1n) is 7.37. The van der Waals surface area contributed by atoms with E-state index in [-0.39, 0.29) is 5.91 Å². The lowest BCUT2D eigenvalue weighted by Crippen LogP contribution is -2.28. The number of carbonyl (C=O) groups excluding carboxylic acids is 2. The number of carboxylic acid groups (broad SMARTS) is 1. The van der Waals surface area contributed by atoms with Crippen LogP contribution in [0.4, 0.5) is 5.69 Å². The van der Waals surface area contributed by atoms with Gasteiger partial charge in [0.1, 0.15) is 12.4 Å². The van der Waals surface area contributed by atoms with Crippen LogP contribution >= 0.6 is 11.8 Å². The van der Waals surface area contributed by atoms with Gasteiger partial charge in [0.2, 0.25) is 0 Å². The zero-order valence-corrected chi connectivity index (χ0v) is 13.8. The summed E-state index contributed by atoms with van der Waals surface area (Å²) in [6.45, 7) is -0.525. The van der Waals surface area contributed by atoms with Crippen LogP contribution in [0.1, 0.15) is 5.56 Å². The van der Waals surface area contributed by atoms with E-state index in [0.717, 1.165) is 11.3 Å². The van der Waals surface area contributed by atoms with Crippen molar-refractivity contribution in [1.29, 1.82) is 0 Å². The van der Waals surface area contributed by atoms with E-state index in [1.54, 1.807) is 30.3 Å². The molecule has 0 aliphatic carbocycles. The molecule has 126 valence electrons. The van der Waals surface area contributed by atoms with Crippen molar-refractivity contribution in [1.82, 2.24) is 5.32 Å². The topological polar surface area (TPSA) is 90.8 Å². The first-order valence-corrected chi connectivity index (χ1v) is 8.19. The lowest BCUT2D eigenvalue weighted by atomic mass is 10.2. The Morgan fingerprint density at radius 2 is 2.00 bits per heavy atom. The maximum absolute atomic E-state index is 12.1. The van der Waals surface area contributed by atoms with Gasteiger partial charge in [0.15, 0.2) is 5.17 Å². The Kier molecular flexibility index (Phi) is 5.15. The lowest BCUT2D eigenvalue weighted by molar-refractivity contribution is -0.307. The van der Waals surface area contributed by atoms with Crippen LogP contribution in [0.15, 0.2) is 64.5 Å². The predicted octanol–water partition coefficient (Wildman–Crippen LogP) is 1.71. The Hall–Kier alpha value is -3.06. The smallest absolute Gasteiger partial charge is 0.264 e. The van der Waals surface area contributed by atoms with Crippen molar-refractivity contribution in [3.63, 3.8) is 0 Å². The molecule has 0 aromatic heterocycles. The summed E-state index contributed by atoms with van der Waals surface area (Å²) in [6.07, 6.45) is 1.69. The van der Waals surface area contributed by atoms with Gasteiger partial charge in [-0.1, -0.05) is 30.3 Å². The molecule has 3 rings (SSSR count). The minimum atomic E-state index is -1.30. The number of carbonyl (C=O) groups is 2. The van der Waals surface area contributed by atoms with E-state index in [1.807, 2.05) is 30.3 Å². The molecule has 1 saturated heterocycles. The predicted molar refractivity (Wildman–Crippen MR) is 94.2 cm³/mol. The molecule has 1 N–H and O–H groups in total. The quantitative estimate of drug-likeness (QED) is 0.827. The zero-order valence-electron chi connectivity index (χ0n) is 13.0. The van der Waals surface area contributed by atoms with E-state index in [0.29, 0.717) is 15.8 Å². The molecular weight excluding hydrogens is 340 g/mol. The summed E-state index contributed by atoms with van der Waals surface area (Å²) in [6, 6.07) is 16.1. The van der Waals surface area contributed by atoms with Gasteiger partial charge in [0.25, 0.3) is 5.91 Å². The molecule has 2 aromatic rings. The molecule has 1 aliphatic rings. The number of aliphatic imine (C=N–C) groups is 1. The van der Waals surface area contributed by atoms with Crippen molar-refractivity contribution in [2.45, 2.75) is 0 Å². The average Bonchev–Trinajstić information content (AvgIpc) is 2.93. The fourth-order valence-electron chi connectivity index (χ4n) is 2.09. The van der Waals surface area contributed by atoms with Gasteiger partial charge in [0, 0.05) is 0 Å². The van der Waals surface area contributed by atoms with Gasteiger partial charge in [-0.15, -0.1) is 0 Å². The number of para-hydroxylation sites is 1. The van der Waals surface area contributed by atoms with Crippen LogP contribution < -0.4 is 15.2 Å². The van der Waals surface area contributed by atoms with Crippen molar-refractivity contribution >= 4 is 40.6 Å². The Morgan fingerprint density at radius 3 is 2.76 bits per heavy atom. The van der Waals surface area contributed by atoms with Crippen molar-refractivity contribution < 1.29 is 19.4 Å². The molecule has 0 bridgehead atoms. The number of hydrogen-bond donors (Lipinski definition) is 1. The molecule has 0 unspecified atom stereocenters. The molecular formula is C18H13N2O4S-. The Bertz CT molecular complexity index is 862. The van der Waals surface area contributed by atoms with E-state index in [1.165, 1.54) is 11.8 Å². The van der Waals surface area contributed by atoms with Gasteiger partial charge in [-0.05, 0) is 47.7 Å². The van der Waals surface area contributed by atoms with E-state index in [2.05, 4.69) is 10.3 Å². The summed E-state index contributed by atoms with van der Waals surface area (Å²) < 4.78 is 5.08. The molecule has 0 radical (unpaired) electrons. The minimum absolute atomic E-state index is 0.235. The third-order valence-electron chi connectivity index (χ3n) is 3.15. The van der Waals surface area contributed by atoms with Gasteiger partial charge in [0.05, 0.1) is 16.6 Å². The van der Waals surface area contributed by atoms with E-state index in [4.69, 9.17) is 4.74 Å². The number of rotatable bonds is 5. The highest BCUT2D eigenvalue weighted by Crippen LogP contribution is 2.28. The summed E-state index contributed by atoms with van der Waals surface area (Å²) in [7, 11) is 0.